The maximum absolute atomic E-state index is 12.7. The molecular formula is C17H26N4O3. The summed E-state index contributed by atoms with van der Waals surface area (Å²) >= 11 is 0. The van der Waals surface area contributed by atoms with Gasteiger partial charge in [0.1, 0.15) is 11.4 Å². The third-order valence-electron chi connectivity index (χ3n) is 4.63. The van der Waals surface area contributed by atoms with Crippen molar-refractivity contribution in [2.45, 2.75) is 31.8 Å². The molecule has 1 amide bonds. The van der Waals surface area contributed by atoms with Gasteiger partial charge in [0.2, 0.25) is 0 Å². The first kappa shape index (κ1) is 17.3. The molecule has 0 unspecified atom stereocenters. The van der Waals surface area contributed by atoms with E-state index in [0.717, 1.165) is 25.3 Å². The van der Waals surface area contributed by atoms with E-state index in [1.807, 2.05) is 6.92 Å². The van der Waals surface area contributed by atoms with Crippen LogP contribution in [0, 0.1) is 0 Å². The molecule has 0 spiro atoms. The van der Waals surface area contributed by atoms with Crippen molar-refractivity contribution in [3.8, 4) is 0 Å². The third kappa shape index (κ3) is 4.09. The van der Waals surface area contributed by atoms with Crippen LogP contribution in [0.1, 0.15) is 35.9 Å². The molecule has 1 aromatic rings. The highest BCUT2D eigenvalue weighted by Crippen LogP contribution is 2.19. The Morgan fingerprint density at radius 3 is 2.67 bits per heavy atom. The van der Waals surface area contributed by atoms with Gasteiger partial charge in [-0.15, -0.1) is 0 Å². The summed E-state index contributed by atoms with van der Waals surface area (Å²) < 4.78 is 5.57. The Bertz CT molecular complexity index is 559. The van der Waals surface area contributed by atoms with E-state index in [0.29, 0.717) is 25.3 Å². The van der Waals surface area contributed by atoms with E-state index in [4.69, 9.17) is 4.74 Å². The highest BCUT2D eigenvalue weighted by atomic mass is 16.5. The minimum absolute atomic E-state index is 0.150. The van der Waals surface area contributed by atoms with E-state index in [9.17, 15) is 9.90 Å². The molecular weight excluding hydrogens is 308 g/mol. The van der Waals surface area contributed by atoms with Crippen LogP contribution >= 0.6 is 0 Å². The van der Waals surface area contributed by atoms with E-state index in [2.05, 4.69) is 14.9 Å². The van der Waals surface area contributed by atoms with Crippen LogP contribution in [0.4, 0.5) is 0 Å². The number of hydrogen-bond donors (Lipinski definition) is 1. The lowest BCUT2D eigenvalue weighted by molar-refractivity contribution is -0.0524. The first-order valence-corrected chi connectivity index (χ1v) is 8.72. The number of amides is 1. The molecule has 24 heavy (non-hydrogen) atoms. The Hall–Kier alpha value is -1.57. The largest absolute Gasteiger partial charge is 0.384 e. The van der Waals surface area contributed by atoms with Crippen LogP contribution < -0.4 is 0 Å². The number of aliphatic hydroxyl groups is 1. The fourth-order valence-electron chi connectivity index (χ4n) is 3.37. The highest BCUT2D eigenvalue weighted by Gasteiger charge is 2.36. The zero-order valence-corrected chi connectivity index (χ0v) is 14.3. The van der Waals surface area contributed by atoms with E-state index in [1.165, 1.54) is 12.8 Å². The second kappa shape index (κ2) is 7.55. The molecule has 0 bridgehead atoms. The number of rotatable bonds is 4. The van der Waals surface area contributed by atoms with Gasteiger partial charge in [0.25, 0.3) is 5.91 Å². The Kier molecular flexibility index (Phi) is 5.43. The fraction of sp³-hybridized carbons (Fsp3) is 0.706. The average Bonchev–Trinajstić information content (AvgIpc) is 3.01. The number of nitrogens with zero attached hydrogens (tertiary/aromatic N) is 4. The third-order valence-corrected chi connectivity index (χ3v) is 4.63. The van der Waals surface area contributed by atoms with Crippen LogP contribution in [-0.2, 0) is 11.2 Å². The van der Waals surface area contributed by atoms with Gasteiger partial charge in [-0.25, -0.2) is 9.97 Å². The van der Waals surface area contributed by atoms with Gasteiger partial charge in [-0.2, -0.15) is 0 Å². The van der Waals surface area contributed by atoms with E-state index >= 15 is 0 Å². The van der Waals surface area contributed by atoms with Crippen molar-refractivity contribution in [1.82, 2.24) is 19.8 Å². The van der Waals surface area contributed by atoms with Crippen LogP contribution in [0.25, 0.3) is 0 Å². The number of ether oxygens (including phenoxy) is 1. The molecule has 7 nitrogen and oxygen atoms in total. The number of likely N-dealkylation sites (tertiary alicyclic amines) is 1. The smallest absolute Gasteiger partial charge is 0.257 e. The molecule has 132 valence electrons. The van der Waals surface area contributed by atoms with Crippen molar-refractivity contribution in [2.24, 2.45) is 0 Å². The Balaban J connectivity index is 1.69. The summed E-state index contributed by atoms with van der Waals surface area (Å²) in [7, 11) is 0. The van der Waals surface area contributed by atoms with Crippen LogP contribution in [0.15, 0.2) is 12.4 Å². The number of aryl methyl sites for hydroxylation is 1. The normalized spacial score (nSPS) is 25.7. The summed E-state index contributed by atoms with van der Waals surface area (Å²) in [5.74, 6) is 0.569. The molecule has 2 aliphatic rings. The minimum atomic E-state index is -1.03. The predicted molar refractivity (Wildman–Crippen MR) is 88.8 cm³/mol. The topological polar surface area (TPSA) is 78.8 Å². The molecule has 0 aromatic carbocycles. The molecule has 1 aromatic heterocycles. The average molecular weight is 334 g/mol. The van der Waals surface area contributed by atoms with E-state index in [1.54, 1.807) is 17.3 Å². The van der Waals surface area contributed by atoms with Crippen molar-refractivity contribution >= 4 is 5.91 Å². The van der Waals surface area contributed by atoms with Gasteiger partial charge >= 0.3 is 0 Å². The Labute approximate surface area is 142 Å². The summed E-state index contributed by atoms with van der Waals surface area (Å²) in [6, 6.07) is 0. The predicted octanol–water partition coefficient (Wildman–Crippen LogP) is 0.338. The molecule has 0 aliphatic carbocycles. The van der Waals surface area contributed by atoms with Crippen molar-refractivity contribution in [3.05, 3.63) is 23.8 Å². The zero-order chi connectivity index (χ0) is 17.0. The van der Waals surface area contributed by atoms with Gasteiger partial charge < -0.3 is 19.6 Å². The van der Waals surface area contributed by atoms with Crippen LogP contribution in [0.2, 0.25) is 0 Å². The summed E-state index contributed by atoms with van der Waals surface area (Å²) in [5, 5.41) is 11.0. The molecule has 0 radical (unpaired) electrons. The quantitative estimate of drug-likeness (QED) is 0.855. The second-order valence-corrected chi connectivity index (χ2v) is 6.73. The van der Waals surface area contributed by atoms with Gasteiger partial charge in [-0.3, -0.25) is 4.79 Å². The molecule has 1 N–H and O–H groups in total. The summed E-state index contributed by atoms with van der Waals surface area (Å²) in [6.07, 6.45) is 6.21. The first-order valence-electron chi connectivity index (χ1n) is 8.72. The number of aromatic nitrogens is 2. The molecule has 3 rings (SSSR count). The SMILES string of the molecule is CCc1ncc(C(=O)N2CCOC[C@@](O)(CN3CCCC3)C2)cn1. The number of carbonyl (C=O) groups is 1. The first-order chi connectivity index (χ1) is 11.6. The lowest BCUT2D eigenvalue weighted by Gasteiger charge is -2.34. The molecule has 7 heteroatoms. The molecule has 2 fully saturated rings. The number of β-amino-alcohol motifs (C(OH)–C–C–N with tert-alkyl or cyclic N) is 1. The van der Waals surface area contributed by atoms with Crippen molar-refractivity contribution in [3.63, 3.8) is 0 Å². The lowest BCUT2D eigenvalue weighted by Crippen LogP contribution is -2.53. The molecule has 2 saturated heterocycles. The van der Waals surface area contributed by atoms with Gasteiger partial charge in [-0.1, -0.05) is 6.92 Å². The molecule has 1 atom stereocenters. The standard InChI is InChI=1S/C17H26N4O3/c1-2-15-18-9-14(10-19-15)16(22)21-7-8-24-13-17(23,12-21)11-20-5-3-4-6-20/h9-10,23H,2-8,11-13H2,1H3/t17-/m1/s1. The van der Waals surface area contributed by atoms with Crippen LogP contribution in [0.3, 0.4) is 0 Å². The van der Waals surface area contributed by atoms with Crippen molar-refractivity contribution < 1.29 is 14.6 Å². The lowest BCUT2D eigenvalue weighted by atomic mass is 10.0. The van der Waals surface area contributed by atoms with Gasteiger partial charge in [0, 0.05) is 31.9 Å². The van der Waals surface area contributed by atoms with Crippen LogP contribution in [0.5, 0.6) is 0 Å². The van der Waals surface area contributed by atoms with Gasteiger partial charge in [0.15, 0.2) is 0 Å². The maximum atomic E-state index is 12.7. The number of hydrogen-bond acceptors (Lipinski definition) is 6. The van der Waals surface area contributed by atoms with Crippen molar-refractivity contribution in [2.75, 3.05) is 45.9 Å². The highest BCUT2D eigenvalue weighted by molar-refractivity contribution is 5.93. The fourth-order valence-corrected chi connectivity index (χ4v) is 3.37. The molecule has 3 heterocycles. The maximum Gasteiger partial charge on any atom is 0.257 e. The van der Waals surface area contributed by atoms with E-state index in [-0.39, 0.29) is 19.1 Å². The van der Waals surface area contributed by atoms with E-state index < -0.39 is 5.60 Å². The van der Waals surface area contributed by atoms with Crippen molar-refractivity contribution in [1.29, 1.82) is 0 Å². The minimum Gasteiger partial charge on any atom is -0.384 e. The van der Waals surface area contributed by atoms with Gasteiger partial charge in [0.05, 0.1) is 25.3 Å². The summed E-state index contributed by atoms with van der Waals surface area (Å²) in [5.41, 5.74) is -0.571. The number of carbonyl (C=O) groups excluding carboxylic acids is 1. The second-order valence-electron chi connectivity index (χ2n) is 6.73. The summed E-state index contributed by atoms with van der Waals surface area (Å²) in [4.78, 5) is 25.0. The molecule has 2 aliphatic heterocycles. The summed E-state index contributed by atoms with van der Waals surface area (Å²) in [6.45, 7) is 5.96. The Morgan fingerprint density at radius 2 is 2.00 bits per heavy atom. The van der Waals surface area contributed by atoms with Gasteiger partial charge in [-0.05, 0) is 25.9 Å². The monoisotopic (exact) mass is 334 g/mol. The van der Waals surface area contributed by atoms with Crippen LogP contribution in [-0.4, -0.2) is 82.3 Å². The zero-order valence-electron chi connectivity index (χ0n) is 14.3. The Morgan fingerprint density at radius 1 is 1.29 bits per heavy atom. The molecule has 0 saturated carbocycles.